The van der Waals surface area contributed by atoms with Crippen molar-refractivity contribution < 1.29 is 19.7 Å². The third-order valence-electron chi connectivity index (χ3n) is 3.73. The average Bonchev–Trinajstić information content (AvgIpc) is 2.54. The Balaban J connectivity index is 2.11. The molecule has 5 nitrogen and oxygen atoms in total. The molecule has 0 aliphatic carbocycles. The third kappa shape index (κ3) is 2.80. The molecule has 0 atom stereocenters. The lowest BCUT2D eigenvalue weighted by atomic mass is 10.1. The Morgan fingerprint density at radius 2 is 1.79 bits per heavy atom. The van der Waals surface area contributed by atoms with Crippen LogP contribution in [0, 0.1) is 13.8 Å². The summed E-state index contributed by atoms with van der Waals surface area (Å²) < 4.78 is 6.31. The molecule has 1 aromatic heterocycles. The van der Waals surface area contributed by atoms with E-state index in [0.29, 0.717) is 21.1 Å². The molecule has 0 saturated heterocycles. The second-order valence-electron chi connectivity index (χ2n) is 5.44. The number of aryl methyl sites for hydroxylation is 2. The van der Waals surface area contributed by atoms with Crippen LogP contribution in [-0.2, 0) is 0 Å². The standard InChI is InChI=1S/C18H14BrNO4/c1-9-4-3-5-10(2)16(9)24-11-6-7-12-13(8-11)17(19)20-14(15(12)21)18(22)23/h3-8,21H,1-2H3,(H,22,23). The van der Waals surface area contributed by atoms with Gasteiger partial charge in [0.15, 0.2) is 11.4 Å². The number of carboxylic acids is 1. The summed E-state index contributed by atoms with van der Waals surface area (Å²) in [5, 5.41) is 20.2. The van der Waals surface area contributed by atoms with E-state index < -0.39 is 11.7 Å². The van der Waals surface area contributed by atoms with E-state index in [4.69, 9.17) is 9.84 Å². The Labute approximate surface area is 146 Å². The smallest absolute Gasteiger partial charge is 0.358 e. The van der Waals surface area contributed by atoms with Gasteiger partial charge in [0.25, 0.3) is 0 Å². The molecular formula is C18H14BrNO4. The van der Waals surface area contributed by atoms with Crippen molar-refractivity contribution in [1.82, 2.24) is 4.98 Å². The first-order valence-corrected chi connectivity index (χ1v) is 7.97. The number of nitrogens with zero attached hydrogens (tertiary/aromatic N) is 1. The lowest BCUT2D eigenvalue weighted by molar-refractivity contribution is 0.0687. The number of hydrogen-bond donors (Lipinski definition) is 2. The predicted molar refractivity (Wildman–Crippen MR) is 94.1 cm³/mol. The number of aromatic hydroxyl groups is 1. The zero-order valence-corrected chi connectivity index (χ0v) is 14.6. The minimum Gasteiger partial charge on any atom is -0.505 e. The Hall–Kier alpha value is -2.60. The number of rotatable bonds is 3. The molecule has 24 heavy (non-hydrogen) atoms. The van der Waals surface area contributed by atoms with Gasteiger partial charge in [-0.25, -0.2) is 9.78 Å². The lowest BCUT2D eigenvalue weighted by Gasteiger charge is -2.13. The van der Waals surface area contributed by atoms with Crippen LogP contribution in [0.1, 0.15) is 21.6 Å². The van der Waals surface area contributed by atoms with Crippen LogP contribution in [0.2, 0.25) is 0 Å². The molecule has 0 amide bonds. The van der Waals surface area contributed by atoms with Crippen LogP contribution in [0.5, 0.6) is 17.2 Å². The number of hydrogen-bond acceptors (Lipinski definition) is 4. The summed E-state index contributed by atoms with van der Waals surface area (Å²) in [6, 6.07) is 10.9. The first kappa shape index (κ1) is 16.3. The van der Waals surface area contributed by atoms with Crippen LogP contribution in [0.4, 0.5) is 0 Å². The molecule has 122 valence electrons. The van der Waals surface area contributed by atoms with Gasteiger partial charge < -0.3 is 14.9 Å². The molecule has 0 unspecified atom stereocenters. The fourth-order valence-electron chi connectivity index (χ4n) is 2.53. The maximum Gasteiger partial charge on any atom is 0.358 e. The van der Waals surface area contributed by atoms with E-state index in [2.05, 4.69) is 20.9 Å². The zero-order valence-electron chi connectivity index (χ0n) is 13.0. The van der Waals surface area contributed by atoms with Crippen molar-refractivity contribution in [2.24, 2.45) is 0 Å². The number of carbonyl (C=O) groups is 1. The molecular weight excluding hydrogens is 374 g/mol. The third-order valence-corrected chi connectivity index (χ3v) is 4.34. The number of fused-ring (bicyclic) bond motifs is 1. The molecule has 0 aliphatic rings. The molecule has 0 fully saturated rings. The number of benzene rings is 2. The average molecular weight is 388 g/mol. The van der Waals surface area contributed by atoms with Crippen LogP contribution in [-0.4, -0.2) is 21.2 Å². The van der Waals surface area contributed by atoms with Crippen molar-refractivity contribution >= 4 is 32.7 Å². The van der Waals surface area contributed by atoms with Crippen molar-refractivity contribution in [3.8, 4) is 17.2 Å². The molecule has 1 heterocycles. The zero-order chi connectivity index (χ0) is 17.4. The molecule has 0 spiro atoms. The van der Waals surface area contributed by atoms with Gasteiger partial charge in [0.05, 0.1) is 0 Å². The van der Waals surface area contributed by atoms with E-state index in [1.165, 1.54) is 0 Å². The highest BCUT2D eigenvalue weighted by Gasteiger charge is 2.18. The van der Waals surface area contributed by atoms with Crippen LogP contribution >= 0.6 is 15.9 Å². The molecule has 3 aromatic rings. The maximum absolute atomic E-state index is 11.1. The number of aromatic nitrogens is 1. The highest BCUT2D eigenvalue weighted by atomic mass is 79.9. The Morgan fingerprint density at radius 1 is 1.12 bits per heavy atom. The van der Waals surface area contributed by atoms with Crippen molar-refractivity contribution in [2.45, 2.75) is 13.8 Å². The number of ether oxygens (including phenoxy) is 1. The van der Waals surface area contributed by atoms with E-state index in [1.807, 2.05) is 32.0 Å². The molecule has 2 N–H and O–H groups in total. The van der Waals surface area contributed by atoms with E-state index in [1.54, 1.807) is 18.2 Å². The van der Waals surface area contributed by atoms with Gasteiger partial charge in [-0.1, -0.05) is 18.2 Å². The topological polar surface area (TPSA) is 79.7 Å². The highest BCUT2D eigenvalue weighted by molar-refractivity contribution is 9.10. The summed E-state index contributed by atoms with van der Waals surface area (Å²) in [4.78, 5) is 15.0. The van der Waals surface area contributed by atoms with Gasteiger partial charge in [0.1, 0.15) is 16.1 Å². The Kier molecular flexibility index (Phi) is 4.15. The van der Waals surface area contributed by atoms with Crippen LogP contribution in [0.15, 0.2) is 41.0 Å². The fraction of sp³-hybridized carbons (Fsp3) is 0.111. The van der Waals surface area contributed by atoms with Crippen molar-refractivity contribution in [3.05, 3.63) is 57.8 Å². The molecule has 0 aliphatic heterocycles. The van der Waals surface area contributed by atoms with E-state index in [-0.39, 0.29) is 5.75 Å². The molecule has 6 heteroatoms. The van der Waals surface area contributed by atoms with E-state index in [9.17, 15) is 9.90 Å². The minimum absolute atomic E-state index is 0.333. The van der Waals surface area contributed by atoms with E-state index in [0.717, 1.165) is 16.9 Å². The number of halogens is 1. The van der Waals surface area contributed by atoms with E-state index >= 15 is 0 Å². The number of aromatic carboxylic acids is 1. The number of pyridine rings is 1. The summed E-state index contributed by atoms with van der Waals surface area (Å²) in [5.41, 5.74) is 1.63. The second-order valence-corrected chi connectivity index (χ2v) is 6.19. The monoisotopic (exact) mass is 387 g/mol. The van der Waals surface area contributed by atoms with Gasteiger partial charge in [0, 0.05) is 10.8 Å². The SMILES string of the molecule is Cc1cccc(C)c1Oc1ccc2c(O)c(C(=O)O)nc(Br)c2c1. The van der Waals surface area contributed by atoms with Gasteiger partial charge >= 0.3 is 5.97 Å². The summed E-state index contributed by atoms with van der Waals surface area (Å²) >= 11 is 3.26. The number of carboxylic acid groups (broad SMARTS) is 1. The fourth-order valence-corrected chi connectivity index (χ4v) is 3.04. The first-order valence-electron chi connectivity index (χ1n) is 7.18. The van der Waals surface area contributed by atoms with Crippen molar-refractivity contribution in [2.75, 3.05) is 0 Å². The normalized spacial score (nSPS) is 10.8. The minimum atomic E-state index is -1.29. The summed E-state index contributed by atoms with van der Waals surface area (Å²) in [6.07, 6.45) is 0. The van der Waals surface area contributed by atoms with Gasteiger partial charge in [0.2, 0.25) is 0 Å². The van der Waals surface area contributed by atoms with Crippen molar-refractivity contribution in [3.63, 3.8) is 0 Å². The first-order chi connectivity index (χ1) is 11.4. The Bertz CT molecular complexity index is 949. The summed E-state index contributed by atoms with van der Waals surface area (Å²) in [7, 11) is 0. The van der Waals surface area contributed by atoms with Crippen LogP contribution in [0.3, 0.4) is 0 Å². The van der Waals surface area contributed by atoms with Crippen LogP contribution < -0.4 is 4.74 Å². The maximum atomic E-state index is 11.1. The van der Waals surface area contributed by atoms with Gasteiger partial charge in [-0.2, -0.15) is 0 Å². The Morgan fingerprint density at radius 3 is 2.42 bits per heavy atom. The summed E-state index contributed by atoms with van der Waals surface area (Å²) in [6.45, 7) is 3.93. The lowest BCUT2D eigenvalue weighted by Crippen LogP contribution is -2.02. The highest BCUT2D eigenvalue weighted by Crippen LogP contribution is 2.36. The largest absolute Gasteiger partial charge is 0.505 e. The molecule has 0 radical (unpaired) electrons. The van der Waals surface area contributed by atoms with Gasteiger partial charge in [-0.15, -0.1) is 0 Å². The van der Waals surface area contributed by atoms with Gasteiger partial charge in [-0.05, 0) is 59.1 Å². The summed E-state index contributed by atoms with van der Waals surface area (Å²) in [5.74, 6) is -0.303. The van der Waals surface area contributed by atoms with Gasteiger partial charge in [-0.3, -0.25) is 0 Å². The molecule has 0 saturated carbocycles. The predicted octanol–water partition coefficient (Wildman–Crippen LogP) is 4.81. The second kappa shape index (κ2) is 6.13. The van der Waals surface area contributed by atoms with Crippen LogP contribution in [0.25, 0.3) is 10.8 Å². The molecule has 0 bridgehead atoms. The molecule has 2 aromatic carbocycles. The number of para-hydroxylation sites is 1. The van der Waals surface area contributed by atoms with Crippen molar-refractivity contribution in [1.29, 1.82) is 0 Å². The quantitative estimate of drug-likeness (QED) is 0.630. The molecule has 3 rings (SSSR count).